The Labute approximate surface area is 115 Å². The summed E-state index contributed by atoms with van der Waals surface area (Å²) >= 11 is 0. The second kappa shape index (κ2) is 5.64. The number of aromatic nitrogens is 1. The highest BCUT2D eigenvalue weighted by atomic mass is 16.5. The monoisotopic (exact) mass is 277 g/mol. The third kappa shape index (κ3) is 2.74. The molecule has 0 aromatic carbocycles. The Kier molecular flexibility index (Phi) is 3.93. The molecule has 0 saturated carbocycles. The number of hydrogen-bond donors (Lipinski definition) is 2. The molecule has 0 spiro atoms. The van der Waals surface area contributed by atoms with Crippen molar-refractivity contribution in [2.75, 3.05) is 7.11 Å². The van der Waals surface area contributed by atoms with Crippen molar-refractivity contribution in [2.24, 2.45) is 0 Å². The van der Waals surface area contributed by atoms with E-state index in [4.69, 9.17) is 4.42 Å². The molecule has 6 nitrogen and oxygen atoms in total. The van der Waals surface area contributed by atoms with Gasteiger partial charge in [-0.3, -0.25) is 9.59 Å². The van der Waals surface area contributed by atoms with E-state index in [0.717, 1.165) is 0 Å². The van der Waals surface area contributed by atoms with Crippen LogP contribution in [0.25, 0.3) is 0 Å². The van der Waals surface area contributed by atoms with Gasteiger partial charge in [-0.25, -0.2) is 0 Å². The number of aryl methyl sites for hydroxylation is 1. The summed E-state index contributed by atoms with van der Waals surface area (Å²) in [6.45, 7) is 1.66. The topological polar surface area (TPSA) is 92.5 Å². The van der Waals surface area contributed by atoms with Gasteiger partial charge in [-0.15, -0.1) is 0 Å². The van der Waals surface area contributed by atoms with E-state index >= 15 is 0 Å². The van der Waals surface area contributed by atoms with Gasteiger partial charge in [-0.2, -0.15) is 0 Å². The third-order valence-corrected chi connectivity index (χ3v) is 3.02. The average Bonchev–Trinajstić information content (AvgIpc) is 2.89. The number of pyridine rings is 1. The largest absolute Gasteiger partial charge is 0.507 e. The highest BCUT2D eigenvalue weighted by molar-refractivity contribution is 5.71. The first-order valence-corrected chi connectivity index (χ1v) is 6.06. The van der Waals surface area contributed by atoms with Gasteiger partial charge in [0.2, 0.25) is 0 Å². The van der Waals surface area contributed by atoms with Crippen LogP contribution in [0, 0.1) is 6.92 Å². The summed E-state index contributed by atoms with van der Waals surface area (Å²) in [7, 11) is 1.26. The van der Waals surface area contributed by atoms with Crippen LogP contribution in [-0.2, 0) is 9.53 Å². The molecule has 0 amide bonds. The summed E-state index contributed by atoms with van der Waals surface area (Å²) in [5.41, 5.74) is 0.177. The molecule has 2 aromatic rings. The summed E-state index contributed by atoms with van der Waals surface area (Å²) in [4.78, 5) is 26.2. The summed E-state index contributed by atoms with van der Waals surface area (Å²) in [6.07, 6.45) is 1.35. The van der Waals surface area contributed by atoms with Crippen molar-refractivity contribution in [1.29, 1.82) is 0 Å². The molecule has 0 unspecified atom stereocenters. The van der Waals surface area contributed by atoms with Crippen molar-refractivity contribution < 1.29 is 19.1 Å². The van der Waals surface area contributed by atoms with E-state index in [1.54, 1.807) is 19.1 Å². The van der Waals surface area contributed by atoms with Crippen molar-refractivity contribution in [3.63, 3.8) is 0 Å². The fraction of sp³-hybridized carbons (Fsp3) is 0.286. The normalized spacial score (nSPS) is 12.1. The van der Waals surface area contributed by atoms with Crippen LogP contribution in [0.15, 0.2) is 33.7 Å². The number of furan rings is 1. The van der Waals surface area contributed by atoms with E-state index in [2.05, 4.69) is 9.72 Å². The van der Waals surface area contributed by atoms with Crippen LogP contribution >= 0.6 is 0 Å². The highest BCUT2D eigenvalue weighted by Gasteiger charge is 2.27. The number of methoxy groups -OCH3 is 1. The molecule has 2 aromatic heterocycles. The molecule has 0 saturated heterocycles. The lowest BCUT2D eigenvalue weighted by molar-refractivity contribution is -0.140. The van der Waals surface area contributed by atoms with Gasteiger partial charge in [0, 0.05) is 5.69 Å². The molecular formula is C14H15NO5. The van der Waals surface area contributed by atoms with E-state index in [1.807, 2.05) is 0 Å². The molecule has 2 rings (SSSR count). The Morgan fingerprint density at radius 1 is 1.55 bits per heavy atom. The third-order valence-electron chi connectivity index (χ3n) is 3.02. The average molecular weight is 277 g/mol. The van der Waals surface area contributed by atoms with E-state index < -0.39 is 17.4 Å². The molecule has 0 radical (unpaired) electrons. The number of nitrogens with one attached hydrogen (secondary N) is 1. The molecule has 0 fully saturated rings. The zero-order chi connectivity index (χ0) is 14.7. The smallest absolute Gasteiger partial charge is 0.306 e. The van der Waals surface area contributed by atoms with Crippen LogP contribution in [0.1, 0.15) is 29.4 Å². The quantitative estimate of drug-likeness (QED) is 0.829. The standard InChI is InChI=1S/C14H15NO5/c1-8-6-10(16)13(14(18)15-8)9(7-12(17)19-2)11-4-3-5-20-11/h3-6,9H,7H2,1-2H3,(H2,15,16,18)/t9-/m0/s1. The van der Waals surface area contributed by atoms with Crippen molar-refractivity contribution in [2.45, 2.75) is 19.3 Å². The molecule has 106 valence electrons. The van der Waals surface area contributed by atoms with Gasteiger partial charge in [0.15, 0.2) is 0 Å². The molecule has 20 heavy (non-hydrogen) atoms. The Bertz CT molecular complexity index is 657. The lowest BCUT2D eigenvalue weighted by Crippen LogP contribution is -2.20. The number of esters is 1. The number of carbonyl (C=O) groups excluding carboxylic acids is 1. The van der Waals surface area contributed by atoms with Crippen molar-refractivity contribution in [3.8, 4) is 5.75 Å². The van der Waals surface area contributed by atoms with Crippen LogP contribution in [0.3, 0.4) is 0 Å². The fourth-order valence-electron chi connectivity index (χ4n) is 2.10. The minimum absolute atomic E-state index is 0.0935. The first-order valence-electron chi connectivity index (χ1n) is 6.06. The molecule has 0 aliphatic rings. The Hall–Kier alpha value is -2.50. The highest BCUT2D eigenvalue weighted by Crippen LogP contribution is 2.32. The lowest BCUT2D eigenvalue weighted by atomic mass is 9.93. The van der Waals surface area contributed by atoms with Gasteiger partial charge in [-0.05, 0) is 25.1 Å². The van der Waals surface area contributed by atoms with Gasteiger partial charge in [0.1, 0.15) is 11.5 Å². The molecule has 6 heteroatoms. The second-order valence-corrected chi connectivity index (χ2v) is 4.43. The molecular weight excluding hydrogens is 262 g/mol. The van der Waals surface area contributed by atoms with E-state index in [1.165, 1.54) is 19.4 Å². The minimum atomic E-state index is -0.693. The van der Waals surface area contributed by atoms with Gasteiger partial charge in [-0.1, -0.05) is 0 Å². The lowest BCUT2D eigenvalue weighted by Gasteiger charge is -2.14. The zero-order valence-electron chi connectivity index (χ0n) is 11.2. The summed E-state index contributed by atoms with van der Waals surface area (Å²) in [5, 5.41) is 10.0. The Morgan fingerprint density at radius 3 is 2.85 bits per heavy atom. The van der Waals surface area contributed by atoms with E-state index in [9.17, 15) is 14.7 Å². The molecule has 0 aliphatic heterocycles. The van der Waals surface area contributed by atoms with Crippen LogP contribution in [-0.4, -0.2) is 23.2 Å². The summed E-state index contributed by atoms with van der Waals surface area (Å²) in [5.74, 6) is -0.941. The molecule has 2 heterocycles. The predicted octanol–water partition coefficient (Wildman–Crippen LogP) is 1.68. The number of rotatable bonds is 4. The van der Waals surface area contributed by atoms with E-state index in [0.29, 0.717) is 11.5 Å². The molecule has 2 N–H and O–H groups in total. The van der Waals surface area contributed by atoms with Crippen LogP contribution in [0.4, 0.5) is 0 Å². The van der Waals surface area contributed by atoms with Crippen LogP contribution in [0.5, 0.6) is 5.75 Å². The molecule has 1 atom stereocenters. The maximum atomic E-state index is 12.1. The number of ether oxygens (including phenoxy) is 1. The van der Waals surface area contributed by atoms with Gasteiger partial charge in [0.25, 0.3) is 5.56 Å². The van der Waals surface area contributed by atoms with Crippen molar-refractivity contribution >= 4 is 5.97 Å². The Balaban J connectivity index is 2.52. The summed E-state index contributed by atoms with van der Waals surface area (Å²) in [6, 6.07) is 4.73. The number of carbonyl (C=O) groups is 1. The van der Waals surface area contributed by atoms with Gasteiger partial charge in [0.05, 0.1) is 31.3 Å². The van der Waals surface area contributed by atoms with Crippen molar-refractivity contribution in [1.82, 2.24) is 4.98 Å². The number of hydrogen-bond acceptors (Lipinski definition) is 5. The van der Waals surface area contributed by atoms with Crippen LogP contribution in [0.2, 0.25) is 0 Å². The van der Waals surface area contributed by atoms with Gasteiger partial charge >= 0.3 is 5.97 Å². The minimum Gasteiger partial charge on any atom is -0.507 e. The fourth-order valence-corrected chi connectivity index (χ4v) is 2.10. The van der Waals surface area contributed by atoms with Crippen LogP contribution < -0.4 is 5.56 Å². The molecule has 0 bridgehead atoms. The molecule has 0 aliphatic carbocycles. The number of aromatic amines is 1. The predicted molar refractivity (Wildman–Crippen MR) is 70.6 cm³/mol. The number of H-pyrrole nitrogens is 1. The first kappa shape index (κ1) is 13.9. The zero-order valence-corrected chi connectivity index (χ0v) is 11.2. The SMILES string of the molecule is COC(=O)C[C@@H](c1ccco1)c1c(O)cc(C)[nH]c1=O. The van der Waals surface area contributed by atoms with Gasteiger partial charge < -0.3 is 19.2 Å². The first-order chi connectivity index (χ1) is 9.52. The number of aromatic hydroxyl groups is 1. The maximum Gasteiger partial charge on any atom is 0.306 e. The maximum absolute atomic E-state index is 12.1. The Morgan fingerprint density at radius 2 is 2.30 bits per heavy atom. The second-order valence-electron chi connectivity index (χ2n) is 4.43. The summed E-state index contributed by atoms with van der Waals surface area (Å²) < 4.78 is 9.89. The van der Waals surface area contributed by atoms with E-state index in [-0.39, 0.29) is 17.7 Å². The van der Waals surface area contributed by atoms with Crippen molar-refractivity contribution in [3.05, 3.63) is 51.8 Å².